The molecule has 2 aromatic carbocycles. The van der Waals surface area contributed by atoms with Crippen LogP contribution >= 0.6 is 0 Å². The van der Waals surface area contributed by atoms with Gasteiger partial charge in [-0.2, -0.15) is 0 Å². The minimum absolute atomic E-state index is 0.168. The highest BCUT2D eigenvalue weighted by Crippen LogP contribution is 2.35. The van der Waals surface area contributed by atoms with Crippen molar-refractivity contribution in [2.75, 3.05) is 5.32 Å². The van der Waals surface area contributed by atoms with Gasteiger partial charge in [0, 0.05) is 18.7 Å². The van der Waals surface area contributed by atoms with Crippen molar-refractivity contribution in [1.29, 1.82) is 0 Å². The zero-order valence-electron chi connectivity index (χ0n) is 17.0. The quantitative estimate of drug-likeness (QED) is 0.612. The molecule has 1 heterocycles. The number of amides is 1. The smallest absolute Gasteiger partial charge is 0.225 e. The normalized spacial score (nSPS) is 11.4. The van der Waals surface area contributed by atoms with Crippen molar-refractivity contribution in [1.82, 2.24) is 4.57 Å². The number of sulfone groups is 1. The molecule has 0 aliphatic heterocycles. The summed E-state index contributed by atoms with van der Waals surface area (Å²) in [7, 11) is -3.79. The second-order valence-electron chi connectivity index (χ2n) is 7.07. The number of aromatic nitrogens is 1. The number of rotatable bonds is 7. The van der Waals surface area contributed by atoms with E-state index in [1.54, 1.807) is 37.3 Å². The summed E-state index contributed by atoms with van der Waals surface area (Å²) in [6.45, 7) is 6.07. The van der Waals surface area contributed by atoms with Crippen LogP contribution in [-0.4, -0.2) is 18.9 Å². The van der Waals surface area contributed by atoms with Gasteiger partial charge < -0.3 is 9.88 Å². The van der Waals surface area contributed by atoms with E-state index >= 15 is 0 Å². The summed E-state index contributed by atoms with van der Waals surface area (Å²) in [6.07, 6.45) is 1.02. The zero-order chi connectivity index (χ0) is 21.0. The molecule has 3 rings (SSSR count). The monoisotopic (exact) mass is 410 g/mol. The molecule has 0 bridgehead atoms. The lowest BCUT2D eigenvalue weighted by Crippen LogP contribution is -2.18. The van der Waals surface area contributed by atoms with Crippen molar-refractivity contribution in [2.24, 2.45) is 0 Å². The Hall–Kier alpha value is -2.86. The Morgan fingerprint density at radius 3 is 2.14 bits per heavy atom. The average Bonchev–Trinajstić information content (AvgIpc) is 2.94. The summed E-state index contributed by atoms with van der Waals surface area (Å²) in [5, 5.41) is 2.88. The van der Waals surface area contributed by atoms with Crippen LogP contribution in [0.3, 0.4) is 0 Å². The molecule has 0 unspecified atom stereocenters. The molecule has 3 aromatic rings. The van der Waals surface area contributed by atoms with Gasteiger partial charge in [-0.1, -0.05) is 55.5 Å². The standard InChI is InChI=1S/C23H26N2O3S/c1-4-11-21(26)24-23-22(29(27,28)20-14-9-6-10-15-20)17(2)18(3)25(23)16-19-12-7-5-8-13-19/h5-10,12-15H,4,11,16H2,1-3H3,(H,24,26). The van der Waals surface area contributed by atoms with Crippen molar-refractivity contribution < 1.29 is 13.2 Å². The summed E-state index contributed by atoms with van der Waals surface area (Å²) >= 11 is 0. The summed E-state index contributed by atoms with van der Waals surface area (Å²) in [4.78, 5) is 12.8. The molecule has 0 aliphatic rings. The molecule has 0 radical (unpaired) electrons. The molecule has 5 nitrogen and oxygen atoms in total. The lowest BCUT2D eigenvalue weighted by Gasteiger charge is -2.14. The van der Waals surface area contributed by atoms with E-state index in [1.807, 2.05) is 48.7 Å². The first-order valence-corrected chi connectivity index (χ1v) is 11.2. The molecule has 0 aliphatic carbocycles. The van der Waals surface area contributed by atoms with Crippen LogP contribution in [0.15, 0.2) is 70.5 Å². The Bertz CT molecular complexity index is 1100. The Morgan fingerprint density at radius 1 is 0.966 bits per heavy atom. The Balaban J connectivity index is 2.19. The second kappa shape index (κ2) is 8.66. The molecule has 0 fully saturated rings. The highest BCUT2D eigenvalue weighted by molar-refractivity contribution is 7.91. The van der Waals surface area contributed by atoms with Gasteiger partial charge in [0.15, 0.2) is 0 Å². The van der Waals surface area contributed by atoms with Crippen LogP contribution in [-0.2, 0) is 21.2 Å². The van der Waals surface area contributed by atoms with Crippen molar-refractivity contribution in [2.45, 2.75) is 49.9 Å². The number of nitrogens with zero attached hydrogens (tertiary/aromatic N) is 1. The topological polar surface area (TPSA) is 68.2 Å². The summed E-state index contributed by atoms with van der Waals surface area (Å²) in [6, 6.07) is 18.1. The maximum Gasteiger partial charge on any atom is 0.225 e. The molecule has 0 saturated heterocycles. The molecular formula is C23H26N2O3S. The van der Waals surface area contributed by atoms with Crippen LogP contribution < -0.4 is 5.32 Å². The molecule has 1 N–H and O–H groups in total. The van der Waals surface area contributed by atoms with Gasteiger partial charge >= 0.3 is 0 Å². The summed E-state index contributed by atoms with van der Waals surface area (Å²) in [5.74, 6) is 0.148. The van der Waals surface area contributed by atoms with E-state index < -0.39 is 9.84 Å². The van der Waals surface area contributed by atoms with Crippen LogP contribution in [0.2, 0.25) is 0 Å². The fraction of sp³-hybridized carbons (Fsp3) is 0.261. The van der Waals surface area contributed by atoms with Crippen LogP contribution in [0.25, 0.3) is 0 Å². The van der Waals surface area contributed by atoms with Gasteiger partial charge in [0.2, 0.25) is 15.7 Å². The van der Waals surface area contributed by atoms with Crippen LogP contribution in [0.5, 0.6) is 0 Å². The van der Waals surface area contributed by atoms with Crippen LogP contribution in [0, 0.1) is 13.8 Å². The number of benzene rings is 2. The maximum absolute atomic E-state index is 13.5. The Morgan fingerprint density at radius 2 is 1.55 bits per heavy atom. The molecule has 0 saturated carbocycles. The van der Waals surface area contributed by atoms with Crippen molar-refractivity contribution in [3.63, 3.8) is 0 Å². The molecule has 152 valence electrons. The molecule has 0 atom stereocenters. The lowest BCUT2D eigenvalue weighted by atomic mass is 10.2. The number of hydrogen-bond donors (Lipinski definition) is 1. The van der Waals surface area contributed by atoms with E-state index in [2.05, 4.69) is 5.32 Å². The van der Waals surface area contributed by atoms with Crippen molar-refractivity contribution in [3.05, 3.63) is 77.5 Å². The van der Waals surface area contributed by atoms with E-state index in [1.165, 1.54) is 0 Å². The predicted octanol–water partition coefficient (Wildman–Crippen LogP) is 4.72. The van der Waals surface area contributed by atoms with Crippen LogP contribution in [0.4, 0.5) is 5.82 Å². The zero-order valence-corrected chi connectivity index (χ0v) is 17.8. The summed E-state index contributed by atoms with van der Waals surface area (Å²) < 4.78 is 28.8. The summed E-state index contributed by atoms with van der Waals surface area (Å²) in [5.41, 5.74) is 2.49. The maximum atomic E-state index is 13.5. The van der Waals surface area contributed by atoms with E-state index in [9.17, 15) is 13.2 Å². The fourth-order valence-corrected chi connectivity index (χ4v) is 5.11. The van der Waals surface area contributed by atoms with Gasteiger partial charge in [-0.15, -0.1) is 0 Å². The largest absolute Gasteiger partial charge is 0.326 e. The van der Waals surface area contributed by atoms with Gasteiger partial charge in [0.1, 0.15) is 10.7 Å². The Labute approximate surface area is 172 Å². The van der Waals surface area contributed by atoms with E-state index in [4.69, 9.17) is 0 Å². The fourth-order valence-electron chi connectivity index (χ4n) is 3.39. The molecule has 1 aromatic heterocycles. The third kappa shape index (κ3) is 4.27. The van der Waals surface area contributed by atoms with Crippen LogP contribution in [0.1, 0.15) is 36.6 Å². The Kier molecular flexibility index (Phi) is 6.23. The van der Waals surface area contributed by atoms with Gasteiger partial charge in [-0.3, -0.25) is 4.79 Å². The number of nitrogens with one attached hydrogen (secondary N) is 1. The molecule has 6 heteroatoms. The van der Waals surface area contributed by atoms with E-state index in [0.29, 0.717) is 30.8 Å². The van der Waals surface area contributed by atoms with E-state index in [0.717, 1.165) is 11.3 Å². The van der Waals surface area contributed by atoms with Gasteiger partial charge in [-0.05, 0) is 43.5 Å². The lowest BCUT2D eigenvalue weighted by molar-refractivity contribution is -0.116. The molecule has 29 heavy (non-hydrogen) atoms. The number of carbonyl (C=O) groups excluding carboxylic acids is 1. The van der Waals surface area contributed by atoms with Gasteiger partial charge in [0.05, 0.1) is 4.90 Å². The molecule has 1 amide bonds. The van der Waals surface area contributed by atoms with Crippen molar-refractivity contribution in [3.8, 4) is 0 Å². The number of hydrogen-bond acceptors (Lipinski definition) is 3. The van der Waals surface area contributed by atoms with Gasteiger partial charge in [0.25, 0.3) is 0 Å². The van der Waals surface area contributed by atoms with E-state index in [-0.39, 0.29) is 15.7 Å². The molecular weight excluding hydrogens is 384 g/mol. The van der Waals surface area contributed by atoms with Gasteiger partial charge in [-0.25, -0.2) is 8.42 Å². The third-order valence-corrected chi connectivity index (χ3v) is 6.94. The third-order valence-electron chi connectivity index (χ3n) is 5.01. The number of anilines is 1. The minimum Gasteiger partial charge on any atom is -0.326 e. The first-order chi connectivity index (χ1) is 13.9. The molecule has 0 spiro atoms. The highest BCUT2D eigenvalue weighted by atomic mass is 32.2. The first-order valence-electron chi connectivity index (χ1n) is 9.69. The van der Waals surface area contributed by atoms with Crippen molar-refractivity contribution >= 4 is 21.6 Å². The SMILES string of the molecule is CCCC(=O)Nc1c(S(=O)(=O)c2ccccc2)c(C)c(C)n1Cc1ccccc1. The number of carbonyl (C=O) groups is 1. The predicted molar refractivity (Wildman–Crippen MR) is 115 cm³/mol. The second-order valence-corrected chi connectivity index (χ2v) is 8.96. The highest BCUT2D eigenvalue weighted by Gasteiger charge is 2.30. The first kappa shape index (κ1) is 20.9. The average molecular weight is 411 g/mol. The minimum atomic E-state index is -3.79.